The lowest BCUT2D eigenvalue weighted by molar-refractivity contribution is 0.203. The van der Waals surface area contributed by atoms with Crippen molar-refractivity contribution in [3.05, 3.63) is 36.0 Å². The summed E-state index contributed by atoms with van der Waals surface area (Å²) in [6.07, 6.45) is 0. The first-order valence-electron chi connectivity index (χ1n) is 6.33. The molecule has 0 spiro atoms. The van der Waals surface area contributed by atoms with Crippen LogP contribution >= 0.6 is 0 Å². The lowest BCUT2D eigenvalue weighted by Crippen LogP contribution is -2.42. The normalized spacial score (nSPS) is 16.7. The highest BCUT2D eigenvalue weighted by Gasteiger charge is 2.16. The van der Waals surface area contributed by atoms with Gasteiger partial charge in [-0.3, -0.25) is 4.90 Å². The summed E-state index contributed by atoms with van der Waals surface area (Å²) in [4.78, 5) is 6.49. The Morgan fingerprint density at radius 3 is 2.84 bits per heavy atom. The molecule has 2 heterocycles. The van der Waals surface area contributed by atoms with Crippen LogP contribution in [0.5, 0.6) is 0 Å². The first kappa shape index (κ1) is 12.3. The van der Waals surface area contributed by atoms with E-state index in [4.69, 9.17) is 4.52 Å². The molecule has 1 aromatic heterocycles. The Morgan fingerprint density at radius 1 is 1.26 bits per heavy atom. The molecule has 3 rings (SSSR count). The monoisotopic (exact) mass is 262 g/mol. The van der Waals surface area contributed by atoms with E-state index in [1.807, 2.05) is 0 Å². The predicted octanol–water partition coefficient (Wildman–Crippen LogP) is 1.28. The zero-order valence-corrected chi connectivity index (χ0v) is 10.5. The molecule has 0 unspecified atom stereocenters. The average Bonchev–Trinajstić information content (AvgIpc) is 2.89. The smallest absolute Gasteiger partial charge is 0.241 e. The summed E-state index contributed by atoms with van der Waals surface area (Å²) >= 11 is 0. The summed E-state index contributed by atoms with van der Waals surface area (Å²) < 4.78 is 18.8. The topological polar surface area (TPSA) is 54.2 Å². The molecule has 5 nitrogen and oxygen atoms in total. The number of halogens is 1. The second-order valence-electron chi connectivity index (χ2n) is 4.52. The third-order valence-electron chi connectivity index (χ3n) is 3.15. The van der Waals surface area contributed by atoms with Crippen molar-refractivity contribution in [2.75, 3.05) is 26.2 Å². The molecule has 0 amide bonds. The van der Waals surface area contributed by atoms with Gasteiger partial charge in [-0.2, -0.15) is 4.98 Å². The molecule has 0 aliphatic carbocycles. The van der Waals surface area contributed by atoms with Crippen LogP contribution in [0.25, 0.3) is 11.4 Å². The van der Waals surface area contributed by atoms with E-state index in [0.717, 1.165) is 26.2 Å². The van der Waals surface area contributed by atoms with Crippen molar-refractivity contribution in [3.63, 3.8) is 0 Å². The highest BCUT2D eigenvalue weighted by molar-refractivity contribution is 5.54. The maximum absolute atomic E-state index is 13.6. The standard InChI is InChI=1S/C13H15FN4O/c14-11-4-2-1-3-10(11)13-16-12(19-17-13)9-18-7-5-15-6-8-18/h1-4,15H,5-9H2. The van der Waals surface area contributed by atoms with E-state index in [0.29, 0.717) is 23.8 Å². The van der Waals surface area contributed by atoms with E-state index < -0.39 is 0 Å². The fourth-order valence-corrected chi connectivity index (χ4v) is 2.13. The molecule has 1 N–H and O–H groups in total. The van der Waals surface area contributed by atoms with Gasteiger partial charge in [-0.05, 0) is 12.1 Å². The maximum atomic E-state index is 13.6. The van der Waals surface area contributed by atoms with Crippen LogP contribution < -0.4 is 5.32 Å². The summed E-state index contributed by atoms with van der Waals surface area (Å²) in [7, 11) is 0. The number of piperazine rings is 1. The van der Waals surface area contributed by atoms with E-state index in [1.54, 1.807) is 18.2 Å². The quantitative estimate of drug-likeness (QED) is 0.903. The van der Waals surface area contributed by atoms with Gasteiger partial charge < -0.3 is 9.84 Å². The zero-order chi connectivity index (χ0) is 13.1. The van der Waals surface area contributed by atoms with Crippen LogP contribution in [0.1, 0.15) is 5.89 Å². The lowest BCUT2D eigenvalue weighted by Gasteiger charge is -2.25. The van der Waals surface area contributed by atoms with E-state index in [-0.39, 0.29) is 5.82 Å². The molecule has 1 saturated heterocycles. The molecule has 0 atom stereocenters. The van der Waals surface area contributed by atoms with Gasteiger partial charge in [0.25, 0.3) is 0 Å². The molecule has 19 heavy (non-hydrogen) atoms. The fraction of sp³-hybridized carbons (Fsp3) is 0.385. The molecule has 0 bridgehead atoms. The van der Waals surface area contributed by atoms with Crippen LogP contribution in [0.2, 0.25) is 0 Å². The van der Waals surface area contributed by atoms with E-state index >= 15 is 0 Å². The highest BCUT2D eigenvalue weighted by Crippen LogP contribution is 2.19. The van der Waals surface area contributed by atoms with Gasteiger partial charge in [0.05, 0.1) is 12.1 Å². The van der Waals surface area contributed by atoms with Gasteiger partial charge in [0.15, 0.2) is 0 Å². The van der Waals surface area contributed by atoms with Crippen molar-refractivity contribution in [3.8, 4) is 11.4 Å². The fourth-order valence-electron chi connectivity index (χ4n) is 2.13. The predicted molar refractivity (Wildman–Crippen MR) is 67.8 cm³/mol. The maximum Gasteiger partial charge on any atom is 0.241 e. The first-order chi connectivity index (χ1) is 9.33. The zero-order valence-electron chi connectivity index (χ0n) is 10.5. The minimum Gasteiger partial charge on any atom is -0.338 e. The number of hydrogen-bond donors (Lipinski definition) is 1. The van der Waals surface area contributed by atoms with Gasteiger partial charge in [-0.25, -0.2) is 4.39 Å². The Morgan fingerprint density at radius 2 is 2.05 bits per heavy atom. The van der Waals surface area contributed by atoms with Crippen molar-refractivity contribution in [2.24, 2.45) is 0 Å². The number of nitrogens with one attached hydrogen (secondary N) is 1. The summed E-state index contributed by atoms with van der Waals surface area (Å²) in [6.45, 7) is 4.46. The number of hydrogen-bond acceptors (Lipinski definition) is 5. The van der Waals surface area contributed by atoms with E-state index in [2.05, 4.69) is 20.4 Å². The summed E-state index contributed by atoms with van der Waals surface area (Å²) in [5, 5.41) is 7.13. The van der Waals surface area contributed by atoms with Gasteiger partial charge in [0.1, 0.15) is 5.82 Å². The number of benzene rings is 1. The molecule has 0 radical (unpaired) electrons. The van der Waals surface area contributed by atoms with Gasteiger partial charge >= 0.3 is 0 Å². The summed E-state index contributed by atoms with van der Waals surface area (Å²) in [6, 6.07) is 6.43. The molecule has 1 aliphatic rings. The van der Waals surface area contributed by atoms with Crippen molar-refractivity contribution >= 4 is 0 Å². The molecular weight excluding hydrogens is 247 g/mol. The molecule has 100 valence electrons. The Hall–Kier alpha value is -1.79. The lowest BCUT2D eigenvalue weighted by atomic mass is 10.2. The third kappa shape index (κ3) is 2.80. The Kier molecular flexibility index (Phi) is 3.52. The molecule has 1 aliphatic heterocycles. The number of aromatic nitrogens is 2. The number of nitrogens with zero attached hydrogens (tertiary/aromatic N) is 3. The summed E-state index contributed by atoms with van der Waals surface area (Å²) in [5.41, 5.74) is 0.373. The SMILES string of the molecule is Fc1ccccc1-c1noc(CN2CCNCC2)n1. The van der Waals surface area contributed by atoms with Crippen LogP contribution in [0, 0.1) is 5.82 Å². The van der Waals surface area contributed by atoms with Gasteiger partial charge in [0.2, 0.25) is 11.7 Å². The van der Waals surface area contributed by atoms with Crippen LogP contribution in [-0.4, -0.2) is 41.2 Å². The van der Waals surface area contributed by atoms with E-state index in [9.17, 15) is 4.39 Å². The van der Waals surface area contributed by atoms with Gasteiger partial charge in [-0.1, -0.05) is 17.3 Å². The van der Waals surface area contributed by atoms with Gasteiger partial charge in [0, 0.05) is 26.2 Å². The Labute approximate surface area is 110 Å². The molecule has 1 fully saturated rings. The Balaban J connectivity index is 1.74. The van der Waals surface area contributed by atoms with Crippen molar-refractivity contribution in [1.82, 2.24) is 20.4 Å². The van der Waals surface area contributed by atoms with E-state index in [1.165, 1.54) is 6.07 Å². The van der Waals surface area contributed by atoms with Crippen LogP contribution in [0.4, 0.5) is 4.39 Å². The minimum absolute atomic E-state index is 0.309. The second-order valence-corrected chi connectivity index (χ2v) is 4.52. The Bertz CT molecular complexity index is 551. The van der Waals surface area contributed by atoms with Crippen LogP contribution in [0.15, 0.2) is 28.8 Å². The van der Waals surface area contributed by atoms with Gasteiger partial charge in [-0.15, -0.1) is 0 Å². The van der Waals surface area contributed by atoms with Crippen molar-refractivity contribution < 1.29 is 8.91 Å². The largest absolute Gasteiger partial charge is 0.338 e. The average molecular weight is 262 g/mol. The minimum atomic E-state index is -0.336. The number of rotatable bonds is 3. The van der Waals surface area contributed by atoms with Crippen molar-refractivity contribution in [2.45, 2.75) is 6.54 Å². The molecule has 1 aromatic carbocycles. The molecule has 6 heteroatoms. The van der Waals surface area contributed by atoms with Crippen LogP contribution in [0.3, 0.4) is 0 Å². The third-order valence-corrected chi connectivity index (χ3v) is 3.15. The van der Waals surface area contributed by atoms with Crippen molar-refractivity contribution in [1.29, 1.82) is 0 Å². The molecular formula is C13H15FN4O. The molecule has 2 aromatic rings. The van der Waals surface area contributed by atoms with Crippen LogP contribution in [-0.2, 0) is 6.54 Å². The highest BCUT2D eigenvalue weighted by atomic mass is 19.1. The molecule has 0 saturated carbocycles. The summed E-state index contributed by atoms with van der Waals surface area (Å²) in [5.74, 6) is 0.500. The second kappa shape index (κ2) is 5.46. The first-order valence-corrected chi connectivity index (χ1v) is 6.33.